The first kappa shape index (κ1) is 13.1. The van der Waals surface area contributed by atoms with Crippen molar-refractivity contribution in [2.24, 2.45) is 0 Å². The Kier molecular flexibility index (Phi) is 5.76. The lowest BCUT2D eigenvalue weighted by molar-refractivity contribution is 0.137. The summed E-state index contributed by atoms with van der Waals surface area (Å²) < 4.78 is 5.61. The van der Waals surface area contributed by atoms with Crippen molar-refractivity contribution < 1.29 is 4.74 Å². The number of hydrogen-bond donors (Lipinski definition) is 1. The summed E-state index contributed by atoms with van der Waals surface area (Å²) in [6.07, 6.45) is 2.07. The van der Waals surface area contributed by atoms with Gasteiger partial charge >= 0.3 is 0 Å². The van der Waals surface area contributed by atoms with E-state index in [-0.39, 0.29) is 0 Å². The van der Waals surface area contributed by atoms with Crippen molar-refractivity contribution in [3.8, 4) is 0 Å². The molecule has 0 spiro atoms. The van der Waals surface area contributed by atoms with Crippen molar-refractivity contribution >= 4 is 17.0 Å². The van der Waals surface area contributed by atoms with Gasteiger partial charge in [-0.15, -0.1) is 11.3 Å². The fraction of sp³-hybridized carbons (Fsp3) is 0.333. The van der Waals surface area contributed by atoms with Crippen molar-refractivity contribution in [1.29, 1.82) is 0 Å². The second-order valence-corrected chi connectivity index (χ2v) is 5.12. The average molecular weight is 261 g/mol. The summed E-state index contributed by atoms with van der Waals surface area (Å²) in [6, 6.07) is 14.5. The Labute approximate surface area is 113 Å². The molecule has 0 fully saturated rings. The van der Waals surface area contributed by atoms with E-state index >= 15 is 0 Å². The fourth-order valence-corrected chi connectivity index (χ4v) is 2.38. The minimum absolute atomic E-state index is 0.825. The Morgan fingerprint density at radius 3 is 2.67 bits per heavy atom. The van der Waals surface area contributed by atoms with Crippen molar-refractivity contribution in [3.05, 3.63) is 52.7 Å². The molecule has 0 bridgehead atoms. The van der Waals surface area contributed by atoms with Crippen LogP contribution in [0.1, 0.15) is 11.3 Å². The van der Waals surface area contributed by atoms with Gasteiger partial charge in [-0.1, -0.05) is 24.3 Å². The van der Waals surface area contributed by atoms with Gasteiger partial charge in [0.15, 0.2) is 0 Å². The Bertz CT molecular complexity index is 413. The van der Waals surface area contributed by atoms with Gasteiger partial charge in [0.2, 0.25) is 0 Å². The summed E-state index contributed by atoms with van der Waals surface area (Å²) in [5.41, 5.74) is 1.18. The maximum absolute atomic E-state index is 5.61. The van der Waals surface area contributed by atoms with E-state index in [1.165, 1.54) is 10.6 Å². The van der Waals surface area contributed by atoms with Crippen LogP contribution in [0.15, 0.2) is 47.8 Å². The first-order valence-electron chi connectivity index (χ1n) is 6.34. The molecule has 96 valence electrons. The zero-order chi connectivity index (χ0) is 12.5. The normalized spacial score (nSPS) is 10.4. The van der Waals surface area contributed by atoms with E-state index in [0.29, 0.717) is 0 Å². The quantitative estimate of drug-likeness (QED) is 0.730. The predicted molar refractivity (Wildman–Crippen MR) is 78.4 cm³/mol. The third-order valence-electron chi connectivity index (χ3n) is 2.64. The molecule has 0 atom stereocenters. The molecule has 2 nitrogen and oxygen atoms in total. The van der Waals surface area contributed by atoms with E-state index in [9.17, 15) is 0 Å². The van der Waals surface area contributed by atoms with Crippen LogP contribution >= 0.6 is 11.3 Å². The third-order valence-corrected chi connectivity index (χ3v) is 3.58. The molecule has 2 rings (SSSR count). The second-order valence-electron chi connectivity index (χ2n) is 4.09. The number of anilines is 1. The van der Waals surface area contributed by atoms with Crippen molar-refractivity contribution in [1.82, 2.24) is 0 Å². The molecule has 1 N–H and O–H groups in total. The van der Waals surface area contributed by atoms with Crippen LogP contribution in [0.2, 0.25) is 0 Å². The number of para-hydroxylation sites is 1. The van der Waals surface area contributed by atoms with Crippen LogP contribution in [0.4, 0.5) is 5.69 Å². The van der Waals surface area contributed by atoms with Crippen molar-refractivity contribution in [3.63, 3.8) is 0 Å². The molecule has 0 aliphatic rings. The highest BCUT2D eigenvalue weighted by atomic mass is 32.1. The van der Waals surface area contributed by atoms with E-state index in [1.807, 2.05) is 18.2 Å². The lowest BCUT2D eigenvalue weighted by Crippen LogP contribution is -2.06. The number of benzene rings is 1. The molecule has 1 aromatic carbocycles. The molecular weight excluding hydrogens is 242 g/mol. The zero-order valence-corrected chi connectivity index (χ0v) is 11.3. The van der Waals surface area contributed by atoms with Gasteiger partial charge in [-0.2, -0.15) is 0 Å². The summed E-state index contributed by atoms with van der Waals surface area (Å²) in [5, 5.41) is 5.48. The van der Waals surface area contributed by atoms with Gasteiger partial charge in [0, 0.05) is 30.1 Å². The number of rotatable bonds is 8. The zero-order valence-electron chi connectivity index (χ0n) is 10.5. The van der Waals surface area contributed by atoms with Gasteiger partial charge in [-0.05, 0) is 30.0 Å². The highest BCUT2D eigenvalue weighted by Gasteiger charge is 1.94. The first-order valence-corrected chi connectivity index (χ1v) is 7.22. The molecular formula is C15H19NOS. The Hall–Kier alpha value is -1.32. The molecule has 0 saturated carbocycles. The molecule has 1 heterocycles. The van der Waals surface area contributed by atoms with Crippen LogP contribution in [0.25, 0.3) is 0 Å². The molecule has 0 aliphatic heterocycles. The molecule has 2 aromatic rings. The van der Waals surface area contributed by atoms with Crippen LogP contribution < -0.4 is 5.32 Å². The van der Waals surface area contributed by atoms with Gasteiger partial charge in [-0.25, -0.2) is 0 Å². The monoisotopic (exact) mass is 261 g/mol. The van der Waals surface area contributed by atoms with Crippen LogP contribution in [0.5, 0.6) is 0 Å². The molecule has 0 aliphatic carbocycles. The lowest BCUT2D eigenvalue weighted by atomic mass is 10.3. The van der Waals surface area contributed by atoms with Gasteiger partial charge in [0.05, 0.1) is 6.61 Å². The van der Waals surface area contributed by atoms with Gasteiger partial charge in [0.1, 0.15) is 0 Å². The van der Waals surface area contributed by atoms with Crippen LogP contribution in [-0.4, -0.2) is 19.8 Å². The highest BCUT2D eigenvalue weighted by Crippen LogP contribution is 2.09. The molecule has 18 heavy (non-hydrogen) atoms. The predicted octanol–water partition coefficient (Wildman–Crippen LogP) is 3.81. The molecule has 3 heteroatoms. The fourth-order valence-electron chi connectivity index (χ4n) is 1.69. The maximum Gasteiger partial charge on any atom is 0.0514 e. The average Bonchev–Trinajstić information content (AvgIpc) is 2.92. The van der Waals surface area contributed by atoms with Crippen LogP contribution in [0.3, 0.4) is 0 Å². The van der Waals surface area contributed by atoms with Crippen LogP contribution in [0, 0.1) is 0 Å². The maximum atomic E-state index is 5.61. The molecule has 1 aromatic heterocycles. The van der Waals surface area contributed by atoms with E-state index in [1.54, 1.807) is 11.3 Å². The minimum Gasteiger partial charge on any atom is -0.385 e. The molecule has 0 radical (unpaired) electrons. The molecule has 0 amide bonds. The Balaban J connectivity index is 1.47. The number of hydrogen-bond acceptors (Lipinski definition) is 3. The Morgan fingerprint density at radius 2 is 1.89 bits per heavy atom. The summed E-state index contributed by atoms with van der Waals surface area (Å²) in [7, 11) is 0. The minimum atomic E-state index is 0.825. The third kappa shape index (κ3) is 4.90. The number of thiophene rings is 1. The first-order chi connectivity index (χ1) is 8.95. The summed E-state index contributed by atoms with van der Waals surface area (Å²) in [4.78, 5) is 1.40. The lowest BCUT2D eigenvalue weighted by Gasteiger charge is -2.06. The summed E-state index contributed by atoms with van der Waals surface area (Å²) in [6.45, 7) is 2.61. The van der Waals surface area contributed by atoms with E-state index in [2.05, 4.69) is 35.0 Å². The number of nitrogens with one attached hydrogen (secondary N) is 1. The van der Waals surface area contributed by atoms with E-state index in [0.717, 1.165) is 32.6 Å². The summed E-state index contributed by atoms with van der Waals surface area (Å²) >= 11 is 1.80. The van der Waals surface area contributed by atoms with Gasteiger partial charge in [0.25, 0.3) is 0 Å². The largest absolute Gasteiger partial charge is 0.385 e. The van der Waals surface area contributed by atoms with Gasteiger partial charge < -0.3 is 10.1 Å². The van der Waals surface area contributed by atoms with E-state index < -0.39 is 0 Å². The second kappa shape index (κ2) is 7.90. The van der Waals surface area contributed by atoms with Crippen molar-refractivity contribution in [2.45, 2.75) is 12.8 Å². The van der Waals surface area contributed by atoms with E-state index in [4.69, 9.17) is 4.74 Å². The topological polar surface area (TPSA) is 21.3 Å². The molecule has 0 unspecified atom stereocenters. The van der Waals surface area contributed by atoms with Crippen LogP contribution in [-0.2, 0) is 11.2 Å². The molecule has 0 saturated heterocycles. The highest BCUT2D eigenvalue weighted by molar-refractivity contribution is 7.09. The van der Waals surface area contributed by atoms with Crippen molar-refractivity contribution in [2.75, 3.05) is 25.1 Å². The van der Waals surface area contributed by atoms with Gasteiger partial charge in [-0.3, -0.25) is 0 Å². The standard InChI is InChI=1S/C15H19NOS/c1-2-6-14(7-3-1)16-10-5-11-17-12-9-15-8-4-13-18-15/h1-4,6-8,13,16H,5,9-12H2. The smallest absolute Gasteiger partial charge is 0.0514 e. The summed E-state index contributed by atoms with van der Waals surface area (Å²) in [5.74, 6) is 0. The SMILES string of the molecule is c1ccc(NCCCOCCc2cccs2)cc1. The Morgan fingerprint density at radius 1 is 1.00 bits per heavy atom. The number of ether oxygens (including phenoxy) is 1.